The third kappa shape index (κ3) is 3.90. The molecular weight excluding hydrogens is 412 g/mol. The number of nitro groups is 1. The summed E-state index contributed by atoms with van der Waals surface area (Å²) in [7, 11) is 0. The van der Waals surface area contributed by atoms with E-state index in [9.17, 15) is 14.9 Å². The highest BCUT2D eigenvalue weighted by molar-refractivity contribution is 7.22. The zero-order valence-corrected chi connectivity index (χ0v) is 17.4. The third-order valence-corrected chi connectivity index (χ3v) is 6.39. The van der Waals surface area contributed by atoms with Crippen molar-refractivity contribution in [1.82, 2.24) is 9.88 Å². The van der Waals surface area contributed by atoms with Gasteiger partial charge in [-0.25, -0.2) is 4.98 Å². The number of carbonyl (C=O) groups excluding carboxylic acids is 1. The Kier molecular flexibility index (Phi) is 5.38. The Morgan fingerprint density at radius 1 is 1.21 bits per heavy atom. The molecule has 1 saturated heterocycles. The van der Waals surface area contributed by atoms with E-state index in [0.29, 0.717) is 31.2 Å². The number of piperazine rings is 1. The molecule has 3 aromatic rings. The van der Waals surface area contributed by atoms with Crippen LogP contribution in [0.25, 0.3) is 10.2 Å². The number of anilines is 1. The van der Waals surface area contributed by atoms with Gasteiger partial charge < -0.3 is 9.80 Å². The molecule has 1 amide bonds. The topological polar surface area (TPSA) is 79.6 Å². The SMILES string of the molecule is CCc1ccc2nc(N3CCN(C(=O)c4cc(Cl)ccc4[N+](=O)[O-])CC3)sc2c1. The number of rotatable bonds is 4. The van der Waals surface area contributed by atoms with E-state index in [1.165, 1.54) is 23.8 Å². The van der Waals surface area contributed by atoms with Crippen LogP contribution in [0.15, 0.2) is 36.4 Å². The Balaban J connectivity index is 1.49. The maximum Gasteiger partial charge on any atom is 0.282 e. The molecule has 2 aromatic carbocycles. The Morgan fingerprint density at radius 3 is 2.66 bits per heavy atom. The highest BCUT2D eigenvalue weighted by Crippen LogP contribution is 2.31. The highest BCUT2D eigenvalue weighted by atomic mass is 35.5. The van der Waals surface area contributed by atoms with E-state index in [4.69, 9.17) is 16.6 Å². The molecule has 4 rings (SSSR count). The van der Waals surface area contributed by atoms with E-state index in [0.717, 1.165) is 21.8 Å². The summed E-state index contributed by atoms with van der Waals surface area (Å²) in [6.45, 7) is 4.32. The van der Waals surface area contributed by atoms with Crippen molar-refractivity contribution in [3.05, 3.63) is 62.7 Å². The molecule has 1 fully saturated rings. The first-order valence-corrected chi connectivity index (χ1v) is 10.5. The van der Waals surface area contributed by atoms with Gasteiger partial charge in [0.2, 0.25) is 0 Å². The number of benzene rings is 2. The minimum absolute atomic E-state index is 0.0306. The molecule has 1 aliphatic heterocycles. The Morgan fingerprint density at radius 2 is 1.97 bits per heavy atom. The van der Waals surface area contributed by atoms with Crippen LogP contribution in [0.5, 0.6) is 0 Å². The zero-order chi connectivity index (χ0) is 20.5. The number of aromatic nitrogens is 1. The first-order valence-electron chi connectivity index (χ1n) is 9.34. The minimum Gasteiger partial charge on any atom is -0.345 e. The summed E-state index contributed by atoms with van der Waals surface area (Å²) < 4.78 is 1.16. The lowest BCUT2D eigenvalue weighted by Crippen LogP contribution is -2.48. The summed E-state index contributed by atoms with van der Waals surface area (Å²) in [5, 5.41) is 12.5. The summed E-state index contributed by atoms with van der Waals surface area (Å²) in [5.41, 5.74) is 2.07. The van der Waals surface area contributed by atoms with Gasteiger partial charge in [0, 0.05) is 37.3 Å². The van der Waals surface area contributed by atoms with Crippen molar-refractivity contribution in [3.63, 3.8) is 0 Å². The first kappa shape index (κ1) is 19.6. The Hall–Kier alpha value is -2.71. The van der Waals surface area contributed by atoms with Gasteiger partial charge in [0.1, 0.15) is 5.56 Å². The van der Waals surface area contributed by atoms with E-state index in [2.05, 4.69) is 24.0 Å². The average molecular weight is 431 g/mol. The summed E-state index contributed by atoms with van der Waals surface area (Å²) in [4.78, 5) is 32.1. The number of hydrogen-bond donors (Lipinski definition) is 0. The van der Waals surface area contributed by atoms with Crippen molar-refractivity contribution in [1.29, 1.82) is 0 Å². The molecule has 0 unspecified atom stereocenters. The van der Waals surface area contributed by atoms with Crippen molar-refractivity contribution >= 4 is 49.9 Å². The van der Waals surface area contributed by atoms with Crippen LogP contribution in [0.4, 0.5) is 10.8 Å². The van der Waals surface area contributed by atoms with Crippen LogP contribution in [0, 0.1) is 10.1 Å². The van der Waals surface area contributed by atoms with E-state index in [1.807, 2.05) is 6.07 Å². The fraction of sp³-hybridized carbons (Fsp3) is 0.300. The van der Waals surface area contributed by atoms with Crippen molar-refractivity contribution in [2.24, 2.45) is 0 Å². The van der Waals surface area contributed by atoms with Crippen molar-refractivity contribution < 1.29 is 9.72 Å². The number of fused-ring (bicyclic) bond motifs is 1. The molecule has 9 heteroatoms. The minimum atomic E-state index is -0.550. The molecule has 2 heterocycles. The van der Waals surface area contributed by atoms with Crippen molar-refractivity contribution in [3.8, 4) is 0 Å². The molecule has 0 saturated carbocycles. The van der Waals surface area contributed by atoms with Crippen LogP contribution in [0.3, 0.4) is 0 Å². The molecule has 0 atom stereocenters. The fourth-order valence-electron chi connectivity index (χ4n) is 3.42. The molecular formula is C20H19ClN4O3S. The molecule has 0 aliphatic carbocycles. The second-order valence-corrected chi connectivity index (χ2v) is 8.30. The number of carbonyl (C=O) groups is 1. The molecule has 150 valence electrons. The van der Waals surface area contributed by atoms with Gasteiger partial charge >= 0.3 is 0 Å². The van der Waals surface area contributed by atoms with E-state index >= 15 is 0 Å². The van der Waals surface area contributed by atoms with Crippen LogP contribution in [-0.2, 0) is 6.42 Å². The second kappa shape index (κ2) is 7.96. The van der Waals surface area contributed by atoms with Gasteiger partial charge in [-0.1, -0.05) is 35.9 Å². The van der Waals surface area contributed by atoms with Gasteiger partial charge in [0.15, 0.2) is 5.13 Å². The smallest absolute Gasteiger partial charge is 0.282 e. The lowest BCUT2D eigenvalue weighted by Gasteiger charge is -2.34. The summed E-state index contributed by atoms with van der Waals surface area (Å²) in [5.74, 6) is -0.365. The zero-order valence-electron chi connectivity index (χ0n) is 15.8. The highest BCUT2D eigenvalue weighted by Gasteiger charge is 2.28. The summed E-state index contributed by atoms with van der Waals surface area (Å²) >= 11 is 7.61. The van der Waals surface area contributed by atoms with E-state index < -0.39 is 4.92 Å². The van der Waals surface area contributed by atoms with Crippen LogP contribution < -0.4 is 4.90 Å². The molecule has 1 aliphatic rings. The Labute approximate surface area is 176 Å². The van der Waals surface area contributed by atoms with Gasteiger partial charge in [-0.2, -0.15) is 0 Å². The number of halogens is 1. The van der Waals surface area contributed by atoms with Gasteiger partial charge in [-0.15, -0.1) is 0 Å². The standard InChI is InChI=1S/C20H19ClN4O3S/c1-2-13-3-5-16-18(11-13)29-20(22-16)24-9-7-23(8-10-24)19(26)15-12-14(21)4-6-17(15)25(27)28/h3-6,11-12H,2,7-10H2,1H3. The summed E-state index contributed by atoms with van der Waals surface area (Å²) in [6.07, 6.45) is 0.986. The predicted octanol–water partition coefficient (Wildman–Crippen LogP) is 4.38. The van der Waals surface area contributed by atoms with Gasteiger partial charge in [-0.3, -0.25) is 14.9 Å². The van der Waals surface area contributed by atoms with Crippen molar-refractivity contribution in [2.75, 3.05) is 31.1 Å². The molecule has 0 radical (unpaired) electrons. The van der Waals surface area contributed by atoms with Gasteiger partial charge in [-0.05, 0) is 36.2 Å². The maximum absolute atomic E-state index is 12.9. The van der Waals surface area contributed by atoms with Gasteiger partial charge in [0.05, 0.1) is 15.1 Å². The maximum atomic E-state index is 12.9. The third-order valence-electron chi connectivity index (χ3n) is 5.07. The Bertz CT molecular complexity index is 1090. The normalized spacial score (nSPS) is 14.4. The molecule has 29 heavy (non-hydrogen) atoms. The monoisotopic (exact) mass is 430 g/mol. The van der Waals surface area contributed by atoms with E-state index in [-0.39, 0.29) is 17.2 Å². The lowest BCUT2D eigenvalue weighted by molar-refractivity contribution is -0.385. The van der Waals surface area contributed by atoms with Crippen LogP contribution in [0.2, 0.25) is 5.02 Å². The number of amides is 1. The quantitative estimate of drug-likeness (QED) is 0.453. The van der Waals surface area contributed by atoms with E-state index in [1.54, 1.807) is 16.2 Å². The fourth-order valence-corrected chi connectivity index (χ4v) is 4.68. The second-order valence-electron chi connectivity index (χ2n) is 6.85. The van der Waals surface area contributed by atoms with Crippen LogP contribution in [0.1, 0.15) is 22.8 Å². The molecule has 0 bridgehead atoms. The number of hydrogen-bond acceptors (Lipinski definition) is 6. The largest absolute Gasteiger partial charge is 0.345 e. The summed E-state index contributed by atoms with van der Waals surface area (Å²) in [6, 6.07) is 10.4. The first-order chi connectivity index (χ1) is 14.0. The number of thiazole rings is 1. The molecule has 7 nitrogen and oxygen atoms in total. The number of nitro benzene ring substituents is 1. The molecule has 0 spiro atoms. The molecule has 0 N–H and O–H groups in total. The van der Waals surface area contributed by atoms with Gasteiger partial charge in [0.25, 0.3) is 11.6 Å². The average Bonchev–Trinajstić information content (AvgIpc) is 3.16. The van der Waals surface area contributed by atoms with Crippen molar-refractivity contribution in [2.45, 2.75) is 13.3 Å². The number of aryl methyl sites for hydroxylation is 1. The molecule has 1 aromatic heterocycles. The van der Waals surface area contributed by atoms with Crippen LogP contribution in [-0.4, -0.2) is 46.9 Å². The lowest BCUT2D eigenvalue weighted by atomic mass is 10.1. The predicted molar refractivity (Wildman–Crippen MR) is 115 cm³/mol. The van der Waals surface area contributed by atoms with Crippen LogP contribution >= 0.6 is 22.9 Å². The number of nitrogens with zero attached hydrogens (tertiary/aromatic N) is 4.